The van der Waals surface area contributed by atoms with Crippen LogP contribution in [-0.2, 0) is 14.6 Å². The van der Waals surface area contributed by atoms with E-state index in [2.05, 4.69) is 6.58 Å². The summed E-state index contributed by atoms with van der Waals surface area (Å²) < 4.78 is 23.6. The Labute approximate surface area is 102 Å². The lowest BCUT2D eigenvalue weighted by atomic mass is 9.99. The van der Waals surface area contributed by atoms with E-state index in [4.69, 9.17) is 5.11 Å². The van der Waals surface area contributed by atoms with Gasteiger partial charge in [0.15, 0.2) is 9.84 Å². The van der Waals surface area contributed by atoms with Crippen molar-refractivity contribution in [2.75, 3.05) is 13.2 Å². The molecule has 5 nitrogen and oxygen atoms in total. The average Bonchev–Trinajstić information content (AvgIpc) is 2.19. The van der Waals surface area contributed by atoms with Gasteiger partial charge in [0.2, 0.25) is 5.91 Å². The molecular formula is C11H19NO4S. The molecule has 1 amide bonds. The summed E-state index contributed by atoms with van der Waals surface area (Å²) in [5.41, 5.74) is 0. The number of hydrogen-bond donors (Lipinski definition) is 1. The molecule has 1 aliphatic heterocycles. The van der Waals surface area contributed by atoms with Gasteiger partial charge in [-0.25, -0.2) is 8.42 Å². The van der Waals surface area contributed by atoms with Gasteiger partial charge in [-0.3, -0.25) is 4.79 Å². The van der Waals surface area contributed by atoms with Gasteiger partial charge in [-0.1, -0.05) is 6.08 Å². The maximum atomic E-state index is 12.3. The molecule has 0 aromatic rings. The minimum absolute atomic E-state index is 0.190. The van der Waals surface area contributed by atoms with Gasteiger partial charge < -0.3 is 10.0 Å². The number of nitrogens with zero attached hydrogens (tertiary/aromatic N) is 1. The summed E-state index contributed by atoms with van der Waals surface area (Å²) in [4.78, 5) is 12.9. The van der Waals surface area contributed by atoms with E-state index >= 15 is 0 Å². The van der Waals surface area contributed by atoms with Crippen molar-refractivity contribution in [3.8, 4) is 0 Å². The van der Waals surface area contributed by atoms with Gasteiger partial charge in [0.1, 0.15) is 5.37 Å². The third-order valence-corrected chi connectivity index (χ3v) is 5.87. The molecule has 6 heteroatoms. The molecule has 0 aliphatic carbocycles. The van der Waals surface area contributed by atoms with Gasteiger partial charge in [0, 0.05) is 6.54 Å². The molecule has 98 valence electrons. The molecular weight excluding hydrogens is 242 g/mol. The molecule has 0 unspecified atom stereocenters. The van der Waals surface area contributed by atoms with Crippen molar-refractivity contribution in [3.63, 3.8) is 0 Å². The second-order valence-corrected chi connectivity index (χ2v) is 7.91. The summed E-state index contributed by atoms with van der Waals surface area (Å²) in [7, 11) is -3.51. The largest absolute Gasteiger partial charge is 0.395 e. The maximum Gasteiger partial charge on any atom is 0.232 e. The number of aliphatic hydroxyl groups is 1. The molecule has 0 bridgehead atoms. The van der Waals surface area contributed by atoms with E-state index in [-0.39, 0.29) is 12.5 Å². The second kappa shape index (κ2) is 4.42. The van der Waals surface area contributed by atoms with Gasteiger partial charge >= 0.3 is 0 Å². The third kappa shape index (κ3) is 2.11. The van der Waals surface area contributed by atoms with E-state index < -0.39 is 32.5 Å². The van der Waals surface area contributed by atoms with Crippen LogP contribution in [0, 0.1) is 5.92 Å². The van der Waals surface area contributed by atoms with Crippen molar-refractivity contribution in [2.24, 2.45) is 5.92 Å². The molecule has 1 aliphatic rings. The molecule has 1 rings (SSSR count). The number of hydrogen-bond acceptors (Lipinski definition) is 4. The molecule has 2 atom stereocenters. The topological polar surface area (TPSA) is 74.7 Å². The fourth-order valence-corrected chi connectivity index (χ4v) is 3.73. The minimum atomic E-state index is -3.51. The number of rotatable bonds is 4. The van der Waals surface area contributed by atoms with Gasteiger partial charge in [0.05, 0.1) is 17.3 Å². The van der Waals surface area contributed by atoms with Crippen LogP contribution in [0.2, 0.25) is 0 Å². The first-order valence-corrected chi connectivity index (χ1v) is 6.98. The zero-order valence-corrected chi connectivity index (χ0v) is 11.2. The smallest absolute Gasteiger partial charge is 0.232 e. The number of aliphatic hydroxyl groups excluding tert-OH is 1. The number of β-lactam (4-membered cyclic amide) rings is 1. The van der Waals surface area contributed by atoms with Gasteiger partial charge in [-0.05, 0) is 20.8 Å². The lowest BCUT2D eigenvalue weighted by Crippen LogP contribution is -2.67. The Morgan fingerprint density at radius 2 is 2.00 bits per heavy atom. The molecule has 1 fully saturated rings. The first-order valence-electron chi connectivity index (χ1n) is 5.44. The maximum absolute atomic E-state index is 12.3. The second-order valence-electron chi connectivity index (χ2n) is 5.12. The first kappa shape index (κ1) is 14.2. The first-order chi connectivity index (χ1) is 7.68. The highest BCUT2D eigenvalue weighted by Gasteiger charge is 2.56. The Morgan fingerprint density at radius 1 is 1.47 bits per heavy atom. The van der Waals surface area contributed by atoms with Crippen molar-refractivity contribution < 1.29 is 18.3 Å². The van der Waals surface area contributed by atoms with Gasteiger partial charge in [0.25, 0.3) is 0 Å². The number of carbonyl (C=O) groups is 1. The molecule has 0 aromatic heterocycles. The third-order valence-electron chi connectivity index (χ3n) is 2.95. The average molecular weight is 261 g/mol. The fraction of sp³-hybridized carbons (Fsp3) is 0.727. The summed E-state index contributed by atoms with van der Waals surface area (Å²) in [5.74, 6) is -1.16. The molecule has 1 N–H and O–H groups in total. The fourth-order valence-electron chi connectivity index (χ4n) is 1.84. The highest BCUT2D eigenvalue weighted by atomic mass is 32.2. The summed E-state index contributed by atoms with van der Waals surface area (Å²) in [6.07, 6.45) is 1.48. The highest BCUT2D eigenvalue weighted by molar-refractivity contribution is 7.93. The normalized spacial score (nSPS) is 25.6. The van der Waals surface area contributed by atoms with Crippen LogP contribution in [0.5, 0.6) is 0 Å². The van der Waals surface area contributed by atoms with Crippen LogP contribution < -0.4 is 0 Å². The van der Waals surface area contributed by atoms with Crippen LogP contribution in [0.25, 0.3) is 0 Å². The van der Waals surface area contributed by atoms with Crippen molar-refractivity contribution in [2.45, 2.75) is 30.9 Å². The Bertz CT molecular complexity index is 421. The van der Waals surface area contributed by atoms with Crippen LogP contribution in [0.3, 0.4) is 0 Å². The molecule has 17 heavy (non-hydrogen) atoms. The van der Waals surface area contributed by atoms with E-state index in [0.29, 0.717) is 0 Å². The minimum Gasteiger partial charge on any atom is -0.395 e. The van der Waals surface area contributed by atoms with E-state index in [1.54, 1.807) is 20.8 Å². The predicted octanol–water partition coefficient (Wildman–Crippen LogP) is 0.163. The number of carbonyl (C=O) groups excluding carboxylic acids is 1. The van der Waals surface area contributed by atoms with Crippen LogP contribution in [0.1, 0.15) is 20.8 Å². The van der Waals surface area contributed by atoms with Gasteiger partial charge in [-0.15, -0.1) is 6.58 Å². The van der Waals surface area contributed by atoms with Crippen molar-refractivity contribution in [3.05, 3.63) is 12.7 Å². The Morgan fingerprint density at radius 3 is 2.35 bits per heavy atom. The zero-order chi connectivity index (χ0) is 13.4. The SMILES string of the molecule is C=CCN1C(=O)[C@H](CO)[C@H]1S(=O)(=O)C(C)(C)C. The van der Waals surface area contributed by atoms with E-state index in [1.807, 2.05) is 0 Å². The summed E-state index contributed by atoms with van der Waals surface area (Å²) in [5, 5.41) is 8.17. The van der Waals surface area contributed by atoms with Crippen LogP contribution >= 0.6 is 0 Å². The van der Waals surface area contributed by atoms with Crippen molar-refractivity contribution >= 4 is 15.7 Å². The highest BCUT2D eigenvalue weighted by Crippen LogP contribution is 2.36. The number of amides is 1. The predicted molar refractivity (Wildman–Crippen MR) is 64.9 cm³/mol. The lowest BCUT2D eigenvalue weighted by Gasteiger charge is -2.47. The Hall–Kier alpha value is -0.880. The van der Waals surface area contributed by atoms with Crippen LogP contribution in [0.15, 0.2) is 12.7 Å². The molecule has 0 aromatic carbocycles. The van der Waals surface area contributed by atoms with E-state index in [1.165, 1.54) is 11.0 Å². The number of likely N-dealkylation sites (tertiary alicyclic amines) is 1. The molecule has 0 spiro atoms. The number of sulfone groups is 1. The quantitative estimate of drug-likeness (QED) is 0.578. The lowest BCUT2D eigenvalue weighted by molar-refractivity contribution is -0.152. The van der Waals surface area contributed by atoms with Gasteiger partial charge in [-0.2, -0.15) is 0 Å². The zero-order valence-electron chi connectivity index (χ0n) is 10.4. The van der Waals surface area contributed by atoms with Crippen LogP contribution in [0.4, 0.5) is 0 Å². The summed E-state index contributed by atoms with van der Waals surface area (Å²) in [6, 6.07) is 0. The molecule has 1 saturated heterocycles. The van der Waals surface area contributed by atoms with Crippen molar-refractivity contribution in [1.82, 2.24) is 4.90 Å². The Balaban J connectivity index is 3.10. The van der Waals surface area contributed by atoms with E-state index in [0.717, 1.165) is 0 Å². The monoisotopic (exact) mass is 261 g/mol. The van der Waals surface area contributed by atoms with Crippen LogP contribution in [-0.4, -0.2) is 47.6 Å². The molecule has 1 heterocycles. The Kier molecular flexibility index (Phi) is 3.69. The van der Waals surface area contributed by atoms with E-state index in [9.17, 15) is 13.2 Å². The molecule has 0 radical (unpaired) electrons. The standard InChI is InChI=1S/C11H19NO4S/c1-5-6-12-9(14)8(7-13)10(12)17(15,16)11(2,3)4/h5,8,10,13H,1,6-7H2,2-4H3/t8-,10+/m0/s1. The van der Waals surface area contributed by atoms with Crippen molar-refractivity contribution in [1.29, 1.82) is 0 Å². The summed E-state index contributed by atoms with van der Waals surface area (Å²) >= 11 is 0. The summed E-state index contributed by atoms with van der Waals surface area (Å²) in [6.45, 7) is 8.01. The molecule has 0 saturated carbocycles.